The fourth-order valence-corrected chi connectivity index (χ4v) is 2.43. The van der Waals surface area contributed by atoms with Gasteiger partial charge in [0.05, 0.1) is 6.26 Å². The Kier molecular flexibility index (Phi) is 5.31. The van der Waals surface area contributed by atoms with Gasteiger partial charge in [0.25, 0.3) is 0 Å². The van der Waals surface area contributed by atoms with E-state index in [9.17, 15) is 8.42 Å². The van der Waals surface area contributed by atoms with Gasteiger partial charge in [0.2, 0.25) is 10.0 Å². The topological polar surface area (TPSA) is 46.2 Å². The zero-order valence-corrected chi connectivity index (χ0v) is 11.2. The highest BCUT2D eigenvalue weighted by Gasteiger charge is 2.00. The first-order valence-corrected chi connectivity index (χ1v) is 8.05. The van der Waals surface area contributed by atoms with E-state index < -0.39 is 10.0 Å². The summed E-state index contributed by atoms with van der Waals surface area (Å²) in [7, 11) is -3.07. The van der Waals surface area contributed by atoms with Crippen LogP contribution in [0.2, 0.25) is 0 Å². The lowest BCUT2D eigenvalue weighted by Crippen LogP contribution is -2.24. The first-order chi connectivity index (χ1) is 7.51. The molecule has 0 spiro atoms. The molecule has 0 saturated carbocycles. The van der Waals surface area contributed by atoms with Crippen molar-refractivity contribution in [1.82, 2.24) is 4.72 Å². The molecule has 0 heterocycles. The van der Waals surface area contributed by atoms with Crippen molar-refractivity contribution in [3.05, 3.63) is 29.8 Å². The van der Waals surface area contributed by atoms with E-state index in [2.05, 4.69) is 23.8 Å². The summed E-state index contributed by atoms with van der Waals surface area (Å²) in [6, 6.07) is 8.23. The van der Waals surface area contributed by atoms with Crippen molar-refractivity contribution in [2.45, 2.75) is 18.2 Å². The second kappa shape index (κ2) is 6.27. The number of hydrogen-bond acceptors (Lipinski definition) is 3. The van der Waals surface area contributed by atoms with Gasteiger partial charge in [-0.25, -0.2) is 13.1 Å². The molecule has 5 heteroatoms. The Morgan fingerprint density at radius 3 is 2.38 bits per heavy atom. The van der Waals surface area contributed by atoms with Gasteiger partial charge in [0.15, 0.2) is 0 Å². The normalized spacial score (nSPS) is 11.6. The molecule has 0 radical (unpaired) electrons. The van der Waals surface area contributed by atoms with Gasteiger partial charge in [-0.15, -0.1) is 11.8 Å². The lowest BCUT2D eigenvalue weighted by atomic mass is 10.2. The molecular formula is C11H17NO2S2. The molecule has 0 amide bonds. The third-order valence-corrected chi connectivity index (χ3v) is 3.63. The number of rotatable bonds is 6. The van der Waals surface area contributed by atoms with Crippen LogP contribution < -0.4 is 4.72 Å². The monoisotopic (exact) mass is 259 g/mol. The molecule has 90 valence electrons. The summed E-state index contributed by atoms with van der Waals surface area (Å²) >= 11 is 1.80. The standard InChI is InChI=1S/C11H17NO2S2/c1-3-15-11-6-4-10(5-7-11)8-9-12-16(2,13)14/h4-7,12H,3,8-9H2,1-2H3. The smallest absolute Gasteiger partial charge is 0.208 e. The maximum absolute atomic E-state index is 10.8. The molecule has 3 nitrogen and oxygen atoms in total. The van der Waals surface area contributed by atoms with Crippen molar-refractivity contribution in [3.63, 3.8) is 0 Å². The Labute approximate surface area is 102 Å². The second-order valence-corrected chi connectivity index (χ2v) is 6.66. The van der Waals surface area contributed by atoms with E-state index in [4.69, 9.17) is 0 Å². The minimum absolute atomic E-state index is 0.457. The van der Waals surface area contributed by atoms with Crippen LogP contribution in [0.4, 0.5) is 0 Å². The zero-order valence-electron chi connectivity index (χ0n) is 9.56. The molecule has 1 aromatic rings. The van der Waals surface area contributed by atoms with Gasteiger partial charge in [-0.05, 0) is 29.9 Å². The highest BCUT2D eigenvalue weighted by molar-refractivity contribution is 7.99. The SMILES string of the molecule is CCSc1ccc(CCNS(C)(=O)=O)cc1. The van der Waals surface area contributed by atoms with Gasteiger partial charge in [-0.1, -0.05) is 19.1 Å². The summed E-state index contributed by atoms with van der Waals surface area (Å²) in [5, 5.41) is 0. The van der Waals surface area contributed by atoms with Crippen molar-refractivity contribution >= 4 is 21.8 Å². The quantitative estimate of drug-likeness (QED) is 0.794. The summed E-state index contributed by atoms with van der Waals surface area (Å²) in [6.07, 6.45) is 1.90. The Bertz CT molecular complexity index is 412. The number of sulfonamides is 1. The average molecular weight is 259 g/mol. The average Bonchev–Trinajstić information content (AvgIpc) is 2.19. The lowest BCUT2D eigenvalue weighted by Gasteiger charge is -2.04. The highest BCUT2D eigenvalue weighted by Crippen LogP contribution is 2.17. The molecule has 0 aliphatic heterocycles. The molecule has 1 rings (SSSR count). The van der Waals surface area contributed by atoms with E-state index in [0.29, 0.717) is 6.54 Å². The molecule has 0 aliphatic carbocycles. The maximum atomic E-state index is 10.8. The largest absolute Gasteiger partial charge is 0.215 e. The minimum atomic E-state index is -3.07. The van der Waals surface area contributed by atoms with Gasteiger partial charge in [0, 0.05) is 11.4 Å². The molecule has 0 aromatic heterocycles. The molecule has 16 heavy (non-hydrogen) atoms. The number of thioether (sulfide) groups is 1. The van der Waals surface area contributed by atoms with E-state index >= 15 is 0 Å². The molecule has 0 unspecified atom stereocenters. The second-order valence-electron chi connectivity index (χ2n) is 3.49. The van der Waals surface area contributed by atoms with Gasteiger partial charge >= 0.3 is 0 Å². The molecule has 0 bridgehead atoms. The molecule has 1 aromatic carbocycles. The first kappa shape index (κ1) is 13.5. The molecule has 0 aliphatic rings. The highest BCUT2D eigenvalue weighted by atomic mass is 32.2. The van der Waals surface area contributed by atoms with E-state index in [-0.39, 0.29) is 0 Å². The lowest BCUT2D eigenvalue weighted by molar-refractivity contribution is 0.588. The predicted octanol–water partition coefficient (Wildman–Crippen LogP) is 1.89. The van der Waals surface area contributed by atoms with Crippen LogP contribution in [0.25, 0.3) is 0 Å². The van der Waals surface area contributed by atoms with Crippen molar-refractivity contribution in [2.75, 3.05) is 18.6 Å². The summed E-state index contributed by atoms with van der Waals surface area (Å²) < 4.78 is 24.2. The fraction of sp³-hybridized carbons (Fsp3) is 0.455. The van der Waals surface area contributed by atoms with Crippen molar-refractivity contribution in [2.24, 2.45) is 0 Å². The van der Waals surface area contributed by atoms with Crippen LogP contribution >= 0.6 is 11.8 Å². The molecular weight excluding hydrogens is 242 g/mol. The van der Waals surface area contributed by atoms with Gasteiger partial charge < -0.3 is 0 Å². The summed E-state index contributed by atoms with van der Waals surface area (Å²) in [5.41, 5.74) is 1.15. The third kappa shape index (κ3) is 5.53. The van der Waals surface area contributed by atoms with Gasteiger partial charge in [0.1, 0.15) is 0 Å². The van der Waals surface area contributed by atoms with E-state index in [0.717, 1.165) is 17.7 Å². The Morgan fingerprint density at radius 2 is 1.88 bits per heavy atom. The number of nitrogens with one attached hydrogen (secondary N) is 1. The van der Waals surface area contributed by atoms with Crippen molar-refractivity contribution in [3.8, 4) is 0 Å². The van der Waals surface area contributed by atoms with E-state index in [1.165, 1.54) is 11.2 Å². The van der Waals surface area contributed by atoms with Crippen LogP contribution in [0.5, 0.6) is 0 Å². The summed E-state index contributed by atoms with van der Waals surface area (Å²) in [5.74, 6) is 1.06. The van der Waals surface area contributed by atoms with Crippen LogP contribution in [0, 0.1) is 0 Å². The number of benzene rings is 1. The minimum Gasteiger partial charge on any atom is -0.215 e. The Morgan fingerprint density at radius 1 is 1.25 bits per heavy atom. The van der Waals surface area contributed by atoms with Crippen molar-refractivity contribution in [1.29, 1.82) is 0 Å². The first-order valence-electron chi connectivity index (χ1n) is 5.17. The van der Waals surface area contributed by atoms with Crippen LogP contribution in [-0.4, -0.2) is 27.0 Å². The van der Waals surface area contributed by atoms with Crippen LogP contribution in [0.1, 0.15) is 12.5 Å². The van der Waals surface area contributed by atoms with Gasteiger partial charge in [-0.3, -0.25) is 0 Å². The van der Waals surface area contributed by atoms with Crippen LogP contribution in [0.15, 0.2) is 29.2 Å². The van der Waals surface area contributed by atoms with Crippen LogP contribution in [0.3, 0.4) is 0 Å². The zero-order chi connectivity index (χ0) is 12.0. The Hall–Kier alpha value is -0.520. The molecule has 0 fully saturated rings. The van der Waals surface area contributed by atoms with E-state index in [1.807, 2.05) is 12.1 Å². The van der Waals surface area contributed by atoms with Crippen LogP contribution in [-0.2, 0) is 16.4 Å². The molecule has 1 N–H and O–H groups in total. The molecule has 0 saturated heterocycles. The van der Waals surface area contributed by atoms with Gasteiger partial charge in [-0.2, -0.15) is 0 Å². The number of hydrogen-bond donors (Lipinski definition) is 1. The molecule has 0 atom stereocenters. The fourth-order valence-electron chi connectivity index (χ4n) is 1.30. The maximum Gasteiger partial charge on any atom is 0.208 e. The predicted molar refractivity (Wildman–Crippen MR) is 69.4 cm³/mol. The summed E-state index contributed by atoms with van der Waals surface area (Å²) in [4.78, 5) is 1.25. The Balaban J connectivity index is 2.43. The summed E-state index contributed by atoms with van der Waals surface area (Å²) in [6.45, 7) is 2.58. The third-order valence-electron chi connectivity index (χ3n) is 2.01. The van der Waals surface area contributed by atoms with Crippen molar-refractivity contribution < 1.29 is 8.42 Å². The van der Waals surface area contributed by atoms with E-state index in [1.54, 1.807) is 11.8 Å².